The van der Waals surface area contributed by atoms with E-state index in [1.807, 2.05) is 48.7 Å². The van der Waals surface area contributed by atoms with Crippen LogP contribution in [0.1, 0.15) is 5.56 Å². The monoisotopic (exact) mass is 423 g/mol. The molecule has 0 spiro atoms. The van der Waals surface area contributed by atoms with Gasteiger partial charge in [-0.05, 0) is 48.0 Å². The van der Waals surface area contributed by atoms with Gasteiger partial charge in [0.2, 0.25) is 0 Å². The molecule has 5 rings (SSSR count). The number of hydrogen-bond acceptors (Lipinski definition) is 4. The molecule has 0 saturated heterocycles. The maximum absolute atomic E-state index is 6.79. The summed E-state index contributed by atoms with van der Waals surface area (Å²) in [5.74, 6) is 0.883. The second-order valence-electron chi connectivity index (χ2n) is 6.46. The fourth-order valence-electron chi connectivity index (χ4n) is 3.45. The maximum atomic E-state index is 6.79. The molecular weight excluding hydrogens is 409 g/mol. The molecule has 4 aromatic rings. The molecule has 1 aliphatic rings. The van der Waals surface area contributed by atoms with Crippen LogP contribution in [0.5, 0.6) is 0 Å². The molecule has 0 bridgehead atoms. The number of anilines is 4. The first-order valence-corrected chi connectivity index (χ1v) is 10.4. The second kappa shape index (κ2) is 7.13. The van der Waals surface area contributed by atoms with Crippen molar-refractivity contribution in [1.82, 2.24) is 4.98 Å². The van der Waals surface area contributed by atoms with Crippen molar-refractivity contribution in [3.05, 3.63) is 87.8 Å². The number of pyridine rings is 1. The number of thiophene rings is 1. The SMILES string of the molecule is Clc1ccc(-c2ccc(N3c4ccccc4NCc4cccnc43)c(Cl)c2)s1. The molecule has 28 heavy (non-hydrogen) atoms. The molecule has 0 radical (unpaired) electrons. The highest BCUT2D eigenvalue weighted by Crippen LogP contribution is 2.45. The highest BCUT2D eigenvalue weighted by Gasteiger charge is 2.24. The van der Waals surface area contributed by atoms with E-state index in [2.05, 4.69) is 39.5 Å². The van der Waals surface area contributed by atoms with Gasteiger partial charge in [0, 0.05) is 23.2 Å². The molecule has 0 unspecified atom stereocenters. The van der Waals surface area contributed by atoms with Crippen LogP contribution < -0.4 is 10.2 Å². The lowest BCUT2D eigenvalue weighted by Crippen LogP contribution is -2.13. The van der Waals surface area contributed by atoms with Gasteiger partial charge in [0.1, 0.15) is 5.82 Å². The van der Waals surface area contributed by atoms with Crippen molar-refractivity contribution in [3.8, 4) is 10.4 Å². The first kappa shape index (κ1) is 17.6. The summed E-state index contributed by atoms with van der Waals surface area (Å²) in [6.45, 7) is 0.708. The second-order valence-corrected chi connectivity index (χ2v) is 8.58. The molecule has 3 nitrogen and oxygen atoms in total. The van der Waals surface area contributed by atoms with Crippen molar-refractivity contribution in [2.75, 3.05) is 10.2 Å². The molecule has 3 heterocycles. The van der Waals surface area contributed by atoms with Gasteiger partial charge >= 0.3 is 0 Å². The lowest BCUT2D eigenvalue weighted by molar-refractivity contribution is 1.11. The summed E-state index contributed by atoms with van der Waals surface area (Å²) in [5, 5.41) is 4.17. The minimum atomic E-state index is 0.662. The molecule has 2 aromatic heterocycles. The van der Waals surface area contributed by atoms with Crippen LogP contribution in [0.2, 0.25) is 9.36 Å². The van der Waals surface area contributed by atoms with Gasteiger partial charge in [-0.2, -0.15) is 0 Å². The van der Waals surface area contributed by atoms with Crippen LogP contribution >= 0.6 is 34.5 Å². The van der Waals surface area contributed by atoms with Crippen LogP contribution in [-0.2, 0) is 6.54 Å². The average molecular weight is 424 g/mol. The smallest absolute Gasteiger partial charge is 0.142 e. The Labute approximate surface area is 177 Å². The minimum Gasteiger partial charge on any atom is -0.379 e. The third-order valence-corrected chi connectivity index (χ3v) is 6.32. The summed E-state index contributed by atoms with van der Waals surface area (Å²) in [6, 6.07) is 22.3. The largest absolute Gasteiger partial charge is 0.379 e. The van der Waals surface area contributed by atoms with Gasteiger partial charge in [0.15, 0.2) is 0 Å². The highest BCUT2D eigenvalue weighted by atomic mass is 35.5. The predicted octanol–water partition coefficient (Wildman–Crippen LogP) is 7.51. The van der Waals surface area contributed by atoms with Crippen LogP contribution in [0.3, 0.4) is 0 Å². The van der Waals surface area contributed by atoms with Crippen molar-refractivity contribution in [1.29, 1.82) is 0 Å². The molecule has 6 heteroatoms. The van der Waals surface area contributed by atoms with E-state index in [9.17, 15) is 0 Å². The average Bonchev–Trinajstić information content (AvgIpc) is 3.08. The first-order valence-electron chi connectivity index (χ1n) is 8.83. The van der Waals surface area contributed by atoms with E-state index in [1.165, 1.54) is 0 Å². The number of benzene rings is 2. The third-order valence-electron chi connectivity index (χ3n) is 4.74. The fraction of sp³-hybridized carbons (Fsp3) is 0.0455. The quantitative estimate of drug-likeness (QED) is 0.361. The lowest BCUT2D eigenvalue weighted by atomic mass is 10.1. The van der Waals surface area contributed by atoms with Crippen LogP contribution in [0, 0.1) is 0 Å². The Morgan fingerprint density at radius 1 is 0.929 bits per heavy atom. The Hall–Kier alpha value is -2.53. The van der Waals surface area contributed by atoms with Crippen LogP contribution in [0.15, 0.2) is 72.9 Å². The van der Waals surface area contributed by atoms with Gasteiger partial charge < -0.3 is 5.32 Å². The van der Waals surface area contributed by atoms with Crippen molar-refractivity contribution in [2.24, 2.45) is 0 Å². The lowest BCUT2D eigenvalue weighted by Gasteiger charge is -2.26. The highest BCUT2D eigenvalue weighted by molar-refractivity contribution is 7.19. The molecular formula is C22H15Cl2N3S. The number of nitrogens with zero attached hydrogens (tertiary/aromatic N) is 2. The van der Waals surface area contributed by atoms with E-state index in [4.69, 9.17) is 23.2 Å². The summed E-state index contributed by atoms with van der Waals surface area (Å²) in [7, 11) is 0. The van der Waals surface area contributed by atoms with Crippen LogP contribution in [-0.4, -0.2) is 4.98 Å². The zero-order valence-electron chi connectivity index (χ0n) is 14.7. The fourth-order valence-corrected chi connectivity index (χ4v) is 4.75. The van der Waals surface area contributed by atoms with Gasteiger partial charge in [-0.1, -0.05) is 47.5 Å². The van der Waals surface area contributed by atoms with E-state index in [-0.39, 0.29) is 0 Å². The molecule has 0 amide bonds. The van der Waals surface area contributed by atoms with Crippen LogP contribution in [0.25, 0.3) is 10.4 Å². The molecule has 0 aliphatic carbocycles. The van der Waals surface area contributed by atoms with Gasteiger partial charge in [-0.25, -0.2) is 4.98 Å². The molecule has 2 aromatic carbocycles. The Kier molecular flexibility index (Phi) is 4.47. The number of hydrogen-bond donors (Lipinski definition) is 1. The van der Waals surface area contributed by atoms with Gasteiger partial charge in [-0.15, -0.1) is 11.3 Å². The van der Waals surface area contributed by atoms with E-state index < -0.39 is 0 Å². The number of aromatic nitrogens is 1. The van der Waals surface area contributed by atoms with E-state index in [0.29, 0.717) is 11.6 Å². The first-order chi connectivity index (χ1) is 13.7. The number of rotatable bonds is 2. The topological polar surface area (TPSA) is 28.2 Å². The van der Waals surface area contributed by atoms with Gasteiger partial charge in [0.25, 0.3) is 0 Å². The summed E-state index contributed by atoms with van der Waals surface area (Å²) in [5.41, 5.74) is 5.13. The minimum absolute atomic E-state index is 0.662. The predicted molar refractivity (Wildman–Crippen MR) is 120 cm³/mol. The number of para-hydroxylation sites is 2. The Bertz CT molecular complexity index is 1120. The zero-order chi connectivity index (χ0) is 19.1. The number of nitrogens with one attached hydrogen (secondary N) is 1. The van der Waals surface area contributed by atoms with Crippen molar-refractivity contribution in [2.45, 2.75) is 6.54 Å². The Morgan fingerprint density at radius 2 is 1.82 bits per heavy atom. The standard InChI is InChI=1S/C22H15Cl2N3S/c23-16-12-14(20-9-10-21(24)28-20)7-8-18(16)27-19-6-2-1-5-17(19)26-13-15-4-3-11-25-22(15)27/h1-12,26H,13H2. The molecule has 0 fully saturated rings. The zero-order valence-corrected chi connectivity index (χ0v) is 17.0. The van der Waals surface area contributed by atoms with Gasteiger partial charge in [-0.3, -0.25) is 4.90 Å². The molecule has 0 atom stereocenters. The number of fused-ring (bicyclic) bond motifs is 2. The molecule has 1 N–H and O–H groups in total. The summed E-state index contributed by atoms with van der Waals surface area (Å²) in [6.07, 6.45) is 1.82. The van der Waals surface area contributed by atoms with Crippen molar-refractivity contribution < 1.29 is 0 Å². The van der Waals surface area contributed by atoms with Crippen molar-refractivity contribution >= 4 is 57.4 Å². The molecule has 138 valence electrons. The summed E-state index contributed by atoms with van der Waals surface area (Å²) >= 11 is 14.4. The van der Waals surface area contributed by atoms with Crippen molar-refractivity contribution in [3.63, 3.8) is 0 Å². The Morgan fingerprint density at radius 3 is 2.64 bits per heavy atom. The van der Waals surface area contributed by atoms with Gasteiger partial charge in [0.05, 0.1) is 26.4 Å². The summed E-state index contributed by atoms with van der Waals surface area (Å²) in [4.78, 5) is 7.89. The number of halogens is 2. The Balaban J connectivity index is 1.68. The third kappa shape index (κ3) is 3.04. The van der Waals surface area contributed by atoms with E-state index in [1.54, 1.807) is 11.3 Å². The maximum Gasteiger partial charge on any atom is 0.142 e. The normalized spacial score (nSPS) is 12.7. The van der Waals surface area contributed by atoms with E-state index in [0.717, 1.165) is 43.2 Å². The van der Waals surface area contributed by atoms with E-state index >= 15 is 0 Å². The molecule has 0 saturated carbocycles. The van der Waals surface area contributed by atoms with Crippen LogP contribution in [0.4, 0.5) is 22.9 Å². The molecule has 1 aliphatic heterocycles. The summed E-state index contributed by atoms with van der Waals surface area (Å²) < 4.78 is 0.765.